The molecule has 0 saturated carbocycles. The highest BCUT2D eigenvalue weighted by Gasteiger charge is 2.22. The number of amides is 1. The van der Waals surface area contributed by atoms with Crippen molar-refractivity contribution in [1.82, 2.24) is 14.5 Å². The normalized spacial score (nSPS) is 13.6. The first-order valence-electron chi connectivity index (χ1n) is 7.43. The summed E-state index contributed by atoms with van der Waals surface area (Å²) in [6, 6.07) is 0. The van der Waals surface area contributed by atoms with Gasteiger partial charge in [0.2, 0.25) is 5.91 Å². The van der Waals surface area contributed by atoms with Crippen LogP contribution in [0.3, 0.4) is 0 Å². The molecule has 6 heteroatoms. The Morgan fingerprint density at radius 3 is 2.86 bits per heavy atom. The van der Waals surface area contributed by atoms with Gasteiger partial charge in [-0.05, 0) is 38.7 Å². The molecule has 0 aromatic carbocycles. The number of likely N-dealkylation sites (N-methyl/N-ethyl adjacent to an activating group) is 1. The van der Waals surface area contributed by atoms with E-state index in [1.54, 1.807) is 16.2 Å². The summed E-state index contributed by atoms with van der Waals surface area (Å²) in [6.45, 7) is 5.28. The number of rotatable bonds is 4. The zero-order valence-electron chi connectivity index (χ0n) is 12.4. The van der Waals surface area contributed by atoms with E-state index in [2.05, 4.69) is 4.98 Å². The summed E-state index contributed by atoms with van der Waals surface area (Å²) in [5.41, 5.74) is 1.09. The first kappa shape index (κ1) is 14.3. The number of hydrogen-bond acceptors (Lipinski definition) is 4. The van der Waals surface area contributed by atoms with Crippen molar-refractivity contribution >= 4 is 27.5 Å². The minimum Gasteiger partial charge on any atom is -0.342 e. The fourth-order valence-corrected chi connectivity index (χ4v) is 4.17. The Bertz CT molecular complexity index is 743. The predicted octanol–water partition coefficient (Wildman–Crippen LogP) is 1.82. The molecule has 0 saturated heterocycles. The van der Waals surface area contributed by atoms with E-state index in [1.807, 2.05) is 13.8 Å². The highest BCUT2D eigenvalue weighted by atomic mass is 32.1. The van der Waals surface area contributed by atoms with Crippen LogP contribution in [0.25, 0.3) is 10.2 Å². The molecule has 0 spiro atoms. The molecule has 0 fully saturated rings. The minimum atomic E-state index is -0.0695. The number of hydrogen-bond donors (Lipinski definition) is 0. The van der Waals surface area contributed by atoms with E-state index >= 15 is 0 Å². The monoisotopic (exact) mass is 305 g/mol. The third-order valence-corrected chi connectivity index (χ3v) is 5.31. The predicted molar refractivity (Wildman–Crippen MR) is 83.8 cm³/mol. The summed E-state index contributed by atoms with van der Waals surface area (Å²) in [5.74, 6) is -0.0323. The Labute approximate surface area is 127 Å². The number of carbonyl (C=O) groups excluding carboxylic acids is 1. The molecule has 0 atom stereocenters. The average Bonchev–Trinajstić information content (AvgIpc) is 3.03. The number of nitrogens with zero attached hydrogens (tertiary/aromatic N) is 3. The third kappa shape index (κ3) is 2.37. The van der Waals surface area contributed by atoms with E-state index in [9.17, 15) is 9.59 Å². The van der Waals surface area contributed by atoms with E-state index in [0.717, 1.165) is 35.0 Å². The van der Waals surface area contributed by atoms with Crippen LogP contribution in [0.4, 0.5) is 0 Å². The molecule has 2 aromatic rings. The van der Waals surface area contributed by atoms with Gasteiger partial charge < -0.3 is 4.90 Å². The molecular weight excluding hydrogens is 286 g/mol. The first-order chi connectivity index (χ1) is 10.2. The smallest absolute Gasteiger partial charge is 0.262 e. The van der Waals surface area contributed by atoms with Gasteiger partial charge in [-0.3, -0.25) is 14.2 Å². The lowest BCUT2D eigenvalue weighted by Crippen LogP contribution is -2.36. The van der Waals surface area contributed by atoms with Crippen molar-refractivity contribution in [1.29, 1.82) is 0 Å². The summed E-state index contributed by atoms with van der Waals surface area (Å²) in [6.07, 6.45) is 4.63. The molecule has 0 radical (unpaired) electrons. The van der Waals surface area contributed by atoms with Crippen LogP contribution < -0.4 is 5.56 Å². The number of carbonyl (C=O) groups is 1. The highest BCUT2D eigenvalue weighted by molar-refractivity contribution is 7.18. The van der Waals surface area contributed by atoms with Crippen LogP contribution >= 0.6 is 11.3 Å². The molecule has 21 heavy (non-hydrogen) atoms. The topological polar surface area (TPSA) is 55.2 Å². The quantitative estimate of drug-likeness (QED) is 0.866. The van der Waals surface area contributed by atoms with Crippen molar-refractivity contribution in [2.75, 3.05) is 13.1 Å². The number of aromatic nitrogens is 2. The van der Waals surface area contributed by atoms with Crippen molar-refractivity contribution < 1.29 is 4.79 Å². The van der Waals surface area contributed by atoms with E-state index in [0.29, 0.717) is 13.1 Å². The van der Waals surface area contributed by atoms with Crippen LogP contribution in [0.2, 0.25) is 0 Å². The van der Waals surface area contributed by atoms with Gasteiger partial charge in [0, 0.05) is 18.0 Å². The fraction of sp³-hybridized carbons (Fsp3) is 0.533. The lowest BCUT2D eigenvalue weighted by atomic mass is 10.2. The van der Waals surface area contributed by atoms with Gasteiger partial charge in [-0.25, -0.2) is 4.98 Å². The maximum absolute atomic E-state index is 12.6. The van der Waals surface area contributed by atoms with Gasteiger partial charge in [0.05, 0.1) is 11.7 Å². The van der Waals surface area contributed by atoms with Gasteiger partial charge in [-0.2, -0.15) is 0 Å². The van der Waals surface area contributed by atoms with Crippen LogP contribution in [0.1, 0.15) is 30.7 Å². The Balaban J connectivity index is 1.99. The molecule has 0 aliphatic heterocycles. The summed E-state index contributed by atoms with van der Waals surface area (Å²) < 4.78 is 1.45. The molecule has 112 valence electrons. The maximum Gasteiger partial charge on any atom is 0.262 e. The van der Waals surface area contributed by atoms with E-state index < -0.39 is 0 Å². The zero-order chi connectivity index (χ0) is 15.0. The third-order valence-electron chi connectivity index (χ3n) is 4.11. The van der Waals surface area contributed by atoms with Crippen LogP contribution in [0.15, 0.2) is 11.1 Å². The van der Waals surface area contributed by atoms with Crippen molar-refractivity contribution in [3.63, 3.8) is 0 Å². The zero-order valence-corrected chi connectivity index (χ0v) is 13.2. The number of aryl methyl sites for hydroxylation is 2. The molecule has 3 rings (SSSR count). The Kier molecular flexibility index (Phi) is 3.80. The largest absolute Gasteiger partial charge is 0.342 e. The van der Waals surface area contributed by atoms with Crippen molar-refractivity contribution in [3.05, 3.63) is 27.1 Å². The standard InChI is InChI=1S/C15H19N3O2S/c1-3-17(4-2)12(19)8-18-9-16-14-13(15(18)20)10-6-5-7-11(10)21-14/h9H,3-8H2,1-2H3. The Hall–Kier alpha value is -1.69. The van der Waals surface area contributed by atoms with Crippen LogP contribution in [-0.4, -0.2) is 33.4 Å². The molecule has 2 heterocycles. The lowest BCUT2D eigenvalue weighted by molar-refractivity contribution is -0.131. The molecule has 0 bridgehead atoms. The fourth-order valence-electron chi connectivity index (χ4n) is 2.95. The lowest BCUT2D eigenvalue weighted by Gasteiger charge is -2.18. The average molecular weight is 305 g/mol. The number of thiophene rings is 1. The second-order valence-corrected chi connectivity index (χ2v) is 6.36. The second-order valence-electron chi connectivity index (χ2n) is 5.28. The molecule has 1 amide bonds. The van der Waals surface area contributed by atoms with E-state index in [1.165, 1.54) is 15.8 Å². The van der Waals surface area contributed by atoms with Crippen molar-refractivity contribution in [2.24, 2.45) is 0 Å². The Morgan fingerprint density at radius 1 is 1.38 bits per heavy atom. The molecule has 0 N–H and O–H groups in total. The highest BCUT2D eigenvalue weighted by Crippen LogP contribution is 2.34. The van der Waals surface area contributed by atoms with E-state index in [4.69, 9.17) is 0 Å². The summed E-state index contributed by atoms with van der Waals surface area (Å²) in [4.78, 5) is 33.0. The molecule has 2 aromatic heterocycles. The maximum atomic E-state index is 12.6. The summed E-state index contributed by atoms with van der Waals surface area (Å²) in [5, 5.41) is 0.738. The molecule has 0 unspecified atom stereocenters. The minimum absolute atomic E-state index is 0.0323. The SMILES string of the molecule is CCN(CC)C(=O)Cn1cnc2sc3c(c2c1=O)CCC3. The van der Waals surface area contributed by atoms with Crippen LogP contribution in [-0.2, 0) is 24.2 Å². The van der Waals surface area contributed by atoms with Crippen molar-refractivity contribution in [2.45, 2.75) is 39.7 Å². The summed E-state index contributed by atoms with van der Waals surface area (Å²) >= 11 is 1.62. The first-order valence-corrected chi connectivity index (χ1v) is 8.24. The van der Waals surface area contributed by atoms with Gasteiger partial charge in [0.15, 0.2) is 0 Å². The van der Waals surface area contributed by atoms with Gasteiger partial charge in [-0.1, -0.05) is 0 Å². The number of fused-ring (bicyclic) bond motifs is 3. The van der Waals surface area contributed by atoms with Crippen molar-refractivity contribution in [3.8, 4) is 0 Å². The Morgan fingerprint density at radius 2 is 2.14 bits per heavy atom. The van der Waals surface area contributed by atoms with E-state index in [-0.39, 0.29) is 18.0 Å². The van der Waals surface area contributed by atoms with Crippen LogP contribution in [0, 0.1) is 0 Å². The van der Waals surface area contributed by atoms with Gasteiger partial charge in [0.1, 0.15) is 11.4 Å². The molecule has 1 aliphatic rings. The van der Waals surface area contributed by atoms with Gasteiger partial charge in [0.25, 0.3) is 5.56 Å². The molecule has 5 nitrogen and oxygen atoms in total. The van der Waals surface area contributed by atoms with Gasteiger partial charge in [-0.15, -0.1) is 11.3 Å². The molecule has 1 aliphatic carbocycles. The summed E-state index contributed by atoms with van der Waals surface area (Å²) in [7, 11) is 0. The second kappa shape index (κ2) is 5.60. The molecular formula is C15H19N3O2S. The van der Waals surface area contributed by atoms with Crippen LogP contribution in [0.5, 0.6) is 0 Å². The van der Waals surface area contributed by atoms with Gasteiger partial charge >= 0.3 is 0 Å².